The monoisotopic (exact) mass is 209 g/mol. The zero-order valence-electron chi connectivity index (χ0n) is 8.48. The molecule has 0 aliphatic carbocycles. The molecule has 0 aliphatic heterocycles. The normalized spacial score (nSPS) is 9.14. The molecule has 0 aromatic carbocycles. The highest BCUT2D eigenvalue weighted by Gasteiger charge is 2.05. The molecule has 0 amide bonds. The fourth-order valence-corrected chi connectivity index (χ4v) is 1.19. The van der Waals surface area contributed by atoms with E-state index in [1.807, 2.05) is 13.8 Å². The molecule has 0 aliphatic rings. The Bertz CT molecular complexity index is 390. The first-order valence-corrected chi connectivity index (χ1v) is 4.67. The number of nitrogens with one attached hydrogen (secondary N) is 1. The standard InChI is InChI=1S/C10H12ClN3/c1-4-5-6-12-10-7(2)9(11)13-8(3)14-10/h6H2,1-3H3,(H,12,13,14). The van der Waals surface area contributed by atoms with Crippen LogP contribution in [0.3, 0.4) is 0 Å². The lowest BCUT2D eigenvalue weighted by Gasteiger charge is -2.07. The predicted molar refractivity (Wildman–Crippen MR) is 58.5 cm³/mol. The zero-order valence-corrected chi connectivity index (χ0v) is 9.24. The van der Waals surface area contributed by atoms with E-state index in [-0.39, 0.29) is 0 Å². The number of hydrogen-bond donors (Lipinski definition) is 1. The van der Waals surface area contributed by atoms with Gasteiger partial charge < -0.3 is 5.32 Å². The first-order valence-electron chi connectivity index (χ1n) is 4.29. The summed E-state index contributed by atoms with van der Waals surface area (Å²) in [6.07, 6.45) is 0. The lowest BCUT2D eigenvalue weighted by atomic mass is 10.3. The van der Waals surface area contributed by atoms with Crippen LogP contribution in [0.4, 0.5) is 5.82 Å². The maximum absolute atomic E-state index is 5.90. The van der Waals surface area contributed by atoms with E-state index in [4.69, 9.17) is 11.6 Å². The molecule has 1 aromatic rings. The minimum atomic E-state index is 0.490. The van der Waals surface area contributed by atoms with Crippen molar-refractivity contribution in [1.82, 2.24) is 9.97 Å². The summed E-state index contributed by atoms with van der Waals surface area (Å²) in [6, 6.07) is 0. The van der Waals surface area contributed by atoms with Gasteiger partial charge in [-0.1, -0.05) is 17.5 Å². The molecule has 0 fully saturated rings. The molecule has 0 bridgehead atoms. The van der Waals surface area contributed by atoms with Crippen LogP contribution in [0, 0.1) is 25.7 Å². The van der Waals surface area contributed by atoms with Crippen LogP contribution in [0.2, 0.25) is 5.15 Å². The van der Waals surface area contributed by atoms with Gasteiger partial charge in [0, 0.05) is 5.56 Å². The molecule has 1 N–H and O–H groups in total. The van der Waals surface area contributed by atoms with Gasteiger partial charge in [0.2, 0.25) is 0 Å². The van der Waals surface area contributed by atoms with Crippen LogP contribution in [-0.2, 0) is 0 Å². The van der Waals surface area contributed by atoms with E-state index in [1.54, 1.807) is 6.92 Å². The van der Waals surface area contributed by atoms with Crippen molar-refractivity contribution in [3.63, 3.8) is 0 Å². The molecule has 14 heavy (non-hydrogen) atoms. The van der Waals surface area contributed by atoms with Crippen LogP contribution in [0.1, 0.15) is 18.3 Å². The molecular weight excluding hydrogens is 198 g/mol. The van der Waals surface area contributed by atoms with Gasteiger partial charge in [-0.3, -0.25) is 0 Å². The molecule has 0 spiro atoms. The minimum Gasteiger partial charge on any atom is -0.359 e. The van der Waals surface area contributed by atoms with Crippen molar-refractivity contribution in [1.29, 1.82) is 0 Å². The molecule has 0 saturated carbocycles. The number of hydrogen-bond acceptors (Lipinski definition) is 3. The minimum absolute atomic E-state index is 0.490. The summed E-state index contributed by atoms with van der Waals surface area (Å²) in [6.45, 7) is 6.06. The molecule has 4 heteroatoms. The quantitative estimate of drug-likeness (QED) is 0.600. The Hall–Kier alpha value is -1.27. The van der Waals surface area contributed by atoms with Gasteiger partial charge in [0.25, 0.3) is 0 Å². The van der Waals surface area contributed by atoms with Crippen molar-refractivity contribution < 1.29 is 0 Å². The summed E-state index contributed by atoms with van der Waals surface area (Å²) >= 11 is 5.90. The second-order valence-electron chi connectivity index (χ2n) is 2.82. The van der Waals surface area contributed by atoms with Gasteiger partial charge in [-0.15, -0.1) is 5.92 Å². The van der Waals surface area contributed by atoms with E-state index in [0.717, 1.165) is 11.4 Å². The smallest absolute Gasteiger partial charge is 0.137 e. The topological polar surface area (TPSA) is 37.8 Å². The number of anilines is 1. The third kappa shape index (κ3) is 2.61. The number of rotatable bonds is 2. The van der Waals surface area contributed by atoms with Crippen molar-refractivity contribution in [2.24, 2.45) is 0 Å². The van der Waals surface area contributed by atoms with E-state index in [2.05, 4.69) is 27.1 Å². The summed E-state index contributed by atoms with van der Waals surface area (Å²) in [4.78, 5) is 8.27. The van der Waals surface area contributed by atoms with Crippen LogP contribution in [-0.4, -0.2) is 16.5 Å². The number of aromatic nitrogens is 2. The van der Waals surface area contributed by atoms with Crippen LogP contribution < -0.4 is 5.32 Å². The SMILES string of the molecule is CC#CCNc1nc(C)nc(Cl)c1C. The summed E-state index contributed by atoms with van der Waals surface area (Å²) in [5, 5.41) is 3.58. The van der Waals surface area contributed by atoms with Crippen molar-refractivity contribution in [3.05, 3.63) is 16.5 Å². The lowest BCUT2D eigenvalue weighted by molar-refractivity contribution is 1.03. The third-order valence-electron chi connectivity index (χ3n) is 1.72. The molecule has 0 saturated heterocycles. The molecule has 1 rings (SSSR count). The van der Waals surface area contributed by atoms with Crippen molar-refractivity contribution in [3.8, 4) is 11.8 Å². The third-order valence-corrected chi connectivity index (χ3v) is 2.09. The van der Waals surface area contributed by atoms with Crippen LogP contribution in [0.5, 0.6) is 0 Å². The van der Waals surface area contributed by atoms with Crippen LogP contribution in [0.15, 0.2) is 0 Å². The average molecular weight is 210 g/mol. The van der Waals surface area contributed by atoms with Gasteiger partial charge in [-0.05, 0) is 20.8 Å². The van der Waals surface area contributed by atoms with Gasteiger partial charge >= 0.3 is 0 Å². The molecule has 0 atom stereocenters. The molecule has 0 unspecified atom stereocenters. The Morgan fingerprint density at radius 2 is 2.07 bits per heavy atom. The Morgan fingerprint density at radius 1 is 1.36 bits per heavy atom. The maximum Gasteiger partial charge on any atom is 0.137 e. The van der Waals surface area contributed by atoms with Crippen LogP contribution >= 0.6 is 11.6 Å². The Morgan fingerprint density at radius 3 is 2.71 bits per heavy atom. The second kappa shape index (κ2) is 4.83. The van der Waals surface area contributed by atoms with Gasteiger partial charge in [-0.2, -0.15) is 0 Å². The molecule has 3 nitrogen and oxygen atoms in total. The summed E-state index contributed by atoms with van der Waals surface area (Å²) < 4.78 is 0. The van der Waals surface area contributed by atoms with Crippen LogP contribution in [0.25, 0.3) is 0 Å². The number of aryl methyl sites for hydroxylation is 1. The van der Waals surface area contributed by atoms with Gasteiger partial charge in [0.05, 0.1) is 6.54 Å². The highest BCUT2D eigenvalue weighted by Crippen LogP contribution is 2.18. The lowest BCUT2D eigenvalue weighted by Crippen LogP contribution is -2.05. The first kappa shape index (κ1) is 10.8. The number of nitrogens with zero attached hydrogens (tertiary/aromatic N) is 2. The molecule has 0 radical (unpaired) electrons. The van der Waals surface area contributed by atoms with E-state index in [0.29, 0.717) is 17.5 Å². The van der Waals surface area contributed by atoms with E-state index in [9.17, 15) is 0 Å². The Balaban J connectivity index is 2.88. The van der Waals surface area contributed by atoms with Crippen molar-refractivity contribution in [2.75, 3.05) is 11.9 Å². The van der Waals surface area contributed by atoms with Crippen molar-refractivity contribution in [2.45, 2.75) is 20.8 Å². The molecule has 1 aromatic heterocycles. The molecular formula is C10H12ClN3. The summed E-state index contributed by atoms with van der Waals surface area (Å²) in [5.41, 5.74) is 0.857. The first-order chi connectivity index (χ1) is 6.65. The predicted octanol–water partition coefficient (Wildman–Crippen LogP) is 2.18. The molecule has 74 valence electrons. The number of halogens is 1. The summed E-state index contributed by atoms with van der Waals surface area (Å²) in [7, 11) is 0. The molecule has 1 heterocycles. The average Bonchev–Trinajstić information content (AvgIpc) is 2.13. The largest absolute Gasteiger partial charge is 0.359 e. The van der Waals surface area contributed by atoms with Gasteiger partial charge in [-0.25, -0.2) is 9.97 Å². The Labute approximate surface area is 88.9 Å². The van der Waals surface area contributed by atoms with E-state index in [1.165, 1.54) is 0 Å². The van der Waals surface area contributed by atoms with Gasteiger partial charge in [0.1, 0.15) is 16.8 Å². The summed E-state index contributed by atoms with van der Waals surface area (Å²) in [5.74, 6) is 7.11. The van der Waals surface area contributed by atoms with Gasteiger partial charge in [0.15, 0.2) is 0 Å². The Kier molecular flexibility index (Phi) is 3.73. The van der Waals surface area contributed by atoms with Crippen molar-refractivity contribution >= 4 is 17.4 Å². The fraction of sp³-hybridized carbons (Fsp3) is 0.400. The highest BCUT2D eigenvalue weighted by molar-refractivity contribution is 6.30. The van der Waals surface area contributed by atoms with E-state index < -0.39 is 0 Å². The second-order valence-corrected chi connectivity index (χ2v) is 3.17. The zero-order chi connectivity index (χ0) is 10.6. The highest BCUT2D eigenvalue weighted by atomic mass is 35.5. The van der Waals surface area contributed by atoms with E-state index >= 15 is 0 Å². The fourth-order valence-electron chi connectivity index (χ4n) is 0.983. The maximum atomic E-state index is 5.90.